The maximum Gasteiger partial charge on any atom is 0.262 e. The third-order valence-corrected chi connectivity index (χ3v) is 7.64. The molecule has 0 bridgehead atoms. The van der Waals surface area contributed by atoms with Crippen molar-refractivity contribution >= 4 is 28.6 Å². The van der Waals surface area contributed by atoms with Crippen LogP contribution in [0.5, 0.6) is 0 Å². The van der Waals surface area contributed by atoms with Gasteiger partial charge in [-0.1, -0.05) is 67.1 Å². The molecule has 0 spiro atoms. The summed E-state index contributed by atoms with van der Waals surface area (Å²) in [6.45, 7) is 1.62. The largest absolute Gasteiger partial charge is 0.341 e. The van der Waals surface area contributed by atoms with Crippen molar-refractivity contribution in [2.45, 2.75) is 55.0 Å². The number of para-hydroxylation sites is 1. The van der Waals surface area contributed by atoms with Gasteiger partial charge in [0.1, 0.15) is 5.25 Å². The Labute approximate surface area is 186 Å². The Morgan fingerprint density at radius 3 is 2.35 bits per heavy atom. The molecule has 6 heteroatoms. The first-order chi connectivity index (χ1) is 15.2. The molecule has 2 aromatic carbocycles. The first-order valence-electron chi connectivity index (χ1n) is 11.2. The fraction of sp³-hybridized carbons (Fsp3) is 0.400. The van der Waals surface area contributed by atoms with E-state index in [2.05, 4.69) is 0 Å². The number of thioether (sulfide) groups is 1. The van der Waals surface area contributed by atoms with Crippen molar-refractivity contribution in [1.82, 2.24) is 14.5 Å². The zero-order chi connectivity index (χ0) is 21.2. The van der Waals surface area contributed by atoms with E-state index in [1.807, 2.05) is 64.1 Å². The number of benzene rings is 2. The van der Waals surface area contributed by atoms with Crippen LogP contribution >= 0.6 is 11.8 Å². The maximum absolute atomic E-state index is 13.5. The summed E-state index contributed by atoms with van der Waals surface area (Å²) in [5.74, 6) is 0.120. The monoisotopic (exact) mass is 433 g/mol. The van der Waals surface area contributed by atoms with E-state index >= 15 is 0 Å². The highest BCUT2D eigenvalue weighted by Gasteiger charge is 2.32. The van der Waals surface area contributed by atoms with Gasteiger partial charge >= 0.3 is 0 Å². The third kappa shape index (κ3) is 4.01. The molecule has 31 heavy (non-hydrogen) atoms. The molecule has 1 saturated heterocycles. The Bertz CT molecular complexity index is 1130. The minimum atomic E-state index is -0.403. The molecule has 5 nitrogen and oxygen atoms in total. The number of fused-ring (bicyclic) bond motifs is 1. The predicted molar refractivity (Wildman–Crippen MR) is 124 cm³/mol. The van der Waals surface area contributed by atoms with Crippen molar-refractivity contribution < 1.29 is 4.79 Å². The molecular weight excluding hydrogens is 406 g/mol. The highest BCUT2D eigenvalue weighted by molar-refractivity contribution is 8.00. The average Bonchev–Trinajstić information content (AvgIpc) is 3.52. The summed E-state index contributed by atoms with van der Waals surface area (Å²) in [4.78, 5) is 33.9. The molecule has 2 heterocycles. The summed E-state index contributed by atoms with van der Waals surface area (Å²) in [6, 6.07) is 17.6. The van der Waals surface area contributed by atoms with E-state index in [4.69, 9.17) is 4.98 Å². The van der Waals surface area contributed by atoms with E-state index in [9.17, 15) is 9.59 Å². The molecule has 1 atom stereocenters. The van der Waals surface area contributed by atoms with Crippen LogP contribution in [0.3, 0.4) is 0 Å². The Morgan fingerprint density at radius 2 is 1.61 bits per heavy atom. The molecule has 1 saturated carbocycles. The Balaban J connectivity index is 1.61. The molecule has 160 valence electrons. The van der Waals surface area contributed by atoms with Gasteiger partial charge in [-0.15, -0.1) is 0 Å². The summed E-state index contributed by atoms with van der Waals surface area (Å²) in [5, 5.41) is 0.915. The molecule has 1 aromatic heterocycles. The van der Waals surface area contributed by atoms with Crippen LogP contribution in [0.25, 0.3) is 10.9 Å². The fourth-order valence-electron chi connectivity index (χ4n) is 4.79. The fourth-order valence-corrected chi connectivity index (χ4v) is 6.04. The smallest absolute Gasteiger partial charge is 0.262 e. The molecule has 0 unspecified atom stereocenters. The minimum Gasteiger partial charge on any atom is -0.341 e. The van der Waals surface area contributed by atoms with Crippen molar-refractivity contribution in [2.75, 3.05) is 13.1 Å². The van der Waals surface area contributed by atoms with Gasteiger partial charge < -0.3 is 4.90 Å². The lowest BCUT2D eigenvalue weighted by Crippen LogP contribution is -2.32. The summed E-state index contributed by atoms with van der Waals surface area (Å²) in [7, 11) is 0. The SMILES string of the molecule is O=C([C@H](Sc1nc2ccccc2c(=O)n1C1CCCC1)c1ccccc1)N1CCCC1. The van der Waals surface area contributed by atoms with Crippen molar-refractivity contribution in [3.8, 4) is 0 Å². The quantitative estimate of drug-likeness (QED) is 0.421. The number of carbonyl (C=O) groups is 1. The minimum absolute atomic E-state index is 0.0143. The number of rotatable bonds is 5. The second-order valence-electron chi connectivity index (χ2n) is 8.47. The second-order valence-corrected chi connectivity index (χ2v) is 9.54. The third-order valence-electron chi connectivity index (χ3n) is 6.43. The molecule has 5 rings (SSSR count). The summed E-state index contributed by atoms with van der Waals surface area (Å²) in [6.07, 6.45) is 6.34. The number of hydrogen-bond donors (Lipinski definition) is 0. The van der Waals surface area contributed by atoms with E-state index in [1.165, 1.54) is 11.8 Å². The molecule has 1 aliphatic carbocycles. The summed E-state index contributed by atoms with van der Waals surface area (Å²) >= 11 is 1.44. The van der Waals surface area contributed by atoms with Crippen LogP contribution in [0.15, 0.2) is 64.5 Å². The van der Waals surface area contributed by atoms with E-state index in [1.54, 1.807) is 0 Å². The van der Waals surface area contributed by atoms with Gasteiger partial charge in [-0.25, -0.2) is 4.98 Å². The number of aromatic nitrogens is 2. The van der Waals surface area contributed by atoms with E-state index in [0.29, 0.717) is 16.1 Å². The van der Waals surface area contributed by atoms with E-state index in [0.717, 1.165) is 57.2 Å². The van der Waals surface area contributed by atoms with Gasteiger partial charge in [0.25, 0.3) is 5.56 Å². The lowest BCUT2D eigenvalue weighted by Gasteiger charge is -2.25. The molecule has 0 radical (unpaired) electrons. The van der Waals surface area contributed by atoms with E-state index < -0.39 is 5.25 Å². The lowest BCUT2D eigenvalue weighted by molar-refractivity contribution is -0.129. The first kappa shape index (κ1) is 20.3. The average molecular weight is 434 g/mol. The molecular formula is C25H27N3O2S. The standard InChI is InChI=1S/C25H27N3O2S/c29-23-20-14-6-7-15-21(20)26-25(28(23)19-12-4-5-13-19)31-22(18-10-2-1-3-11-18)24(30)27-16-8-9-17-27/h1-3,6-7,10-11,14-15,19,22H,4-5,8-9,12-13,16-17H2/t22-/m1/s1. The van der Waals surface area contributed by atoms with Gasteiger partial charge in [0.2, 0.25) is 5.91 Å². The van der Waals surface area contributed by atoms with Gasteiger partial charge in [0.05, 0.1) is 10.9 Å². The van der Waals surface area contributed by atoms with Gasteiger partial charge in [-0.3, -0.25) is 14.2 Å². The molecule has 2 aliphatic rings. The Hall–Kier alpha value is -2.60. The van der Waals surface area contributed by atoms with Crippen molar-refractivity contribution in [2.24, 2.45) is 0 Å². The van der Waals surface area contributed by atoms with Crippen molar-refractivity contribution in [3.63, 3.8) is 0 Å². The number of likely N-dealkylation sites (tertiary alicyclic amines) is 1. The van der Waals surface area contributed by atoms with Crippen LogP contribution in [-0.4, -0.2) is 33.4 Å². The maximum atomic E-state index is 13.5. The molecule has 1 amide bonds. The van der Waals surface area contributed by atoms with Crippen LogP contribution in [0.1, 0.15) is 55.4 Å². The molecule has 2 fully saturated rings. The van der Waals surface area contributed by atoms with Crippen molar-refractivity contribution in [3.05, 3.63) is 70.5 Å². The highest BCUT2D eigenvalue weighted by Crippen LogP contribution is 2.39. The molecule has 1 aliphatic heterocycles. The zero-order valence-corrected chi connectivity index (χ0v) is 18.4. The van der Waals surface area contributed by atoms with Crippen molar-refractivity contribution in [1.29, 1.82) is 0 Å². The second kappa shape index (κ2) is 8.87. The van der Waals surface area contributed by atoms with Gasteiger partial charge in [-0.2, -0.15) is 0 Å². The summed E-state index contributed by atoms with van der Waals surface area (Å²) < 4.78 is 1.88. The number of nitrogens with zero attached hydrogens (tertiary/aromatic N) is 3. The van der Waals surface area contributed by atoms with E-state index in [-0.39, 0.29) is 17.5 Å². The van der Waals surface area contributed by atoms with Crippen LogP contribution in [0.2, 0.25) is 0 Å². The molecule has 3 aromatic rings. The molecule has 0 N–H and O–H groups in total. The number of carbonyl (C=O) groups excluding carboxylic acids is 1. The number of hydrogen-bond acceptors (Lipinski definition) is 4. The normalized spacial score (nSPS) is 18.0. The Morgan fingerprint density at radius 1 is 0.935 bits per heavy atom. The van der Waals surface area contributed by atoms with Gasteiger partial charge in [-0.05, 0) is 43.4 Å². The van der Waals surface area contributed by atoms with Crippen LogP contribution in [0.4, 0.5) is 0 Å². The van der Waals surface area contributed by atoms with Crippen LogP contribution in [0, 0.1) is 0 Å². The summed E-state index contributed by atoms with van der Waals surface area (Å²) in [5.41, 5.74) is 1.68. The number of amides is 1. The van der Waals surface area contributed by atoms with Crippen LogP contribution in [-0.2, 0) is 4.79 Å². The first-order valence-corrected chi connectivity index (χ1v) is 12.1. The lowest BCUT2D eigenvalue weighted by atomic mass is 10.1. The highest BCUT2D eigenvalue weighted by atomic mass is 32.2. The Kier molecular flexibility index (Phi) is 5.81. The van der Waals surface area contributed by atoms with Gasteiger partial charge in [0, 0.05) is 19.1 Å². The van der Waals surface area contributed by atoms with Crippen LogP contribution < -0.4 is 5.56 Å². The zero-order valence-electron chi connectivity index (χ0n) is 17.6. The predicted octanol–water partition coefficient (Wildman–Crippen LogP) is 4.97. The topological polar surface area (TPSA) is 55.2 Å². The van der Waals surface area contributed by atoms with Gasteiger partial charge in [0.15, 0.2) is 5.16 Å².